The largest absolute Gasteiger partial charge is 0.313 e. The van der Waals surface area contributed by atoms with Gasteiger partial charge in [-0.1, -0.05) is 56.5 Å². The van der Waals surface area contributed by atoms with Gasteiger partial charge in [-0.15, -0.1) is 11.8 Å². The first-order chi connectivity index (χ1) is 10.3. The average molecular weight is 301 g/mol. The molecule has 0 heterocycles. The fourth-order valence-corrected chi connectivity index (χ4v) is 3.36. The van der Waals surface area contributed by atoms with Gasteiger partial charge in [0.25, 0.3) is 0 Å². The van der Waals surface area contributed by atoms with Gasteiger partial charge in [0.2, 0.25) is 0 Å². The van der Waals surface area contributed by atoms with Gasteiger partial charge in [0, 0.05) is 23.2 Å². The van der Waals surface area contributed by atoms with E-state index in [9.17, 15) is 0 Å². The molecule has 0 aromatic heterocycles. The lowest BCUT2D eigenvalue weighted by Crippen LogP contribution is -2.28. The number of unbranched alkanes of at least 4 members (excludes halogenated alkanes) is 2. The van der Waals surface area contributed by atoms with Gasteiger partial charge in [0.05, 0.1) is 0 Å². The van der Waals surface area contributed by atoms with Crippen LogP contribution >= 0.6 is 11.8 Å². The number of rotatable bonds is 9. The lowest BCUT2D eigenvalue weighted by Gasteiger charge is -2.13. The molecular weight excluding hydrogens is 274 g/mol. The topological polar surface area (TPSA) is 12.0 Å². The van der Waals surface area contributed by atoms with Crippen LogP contribution in [-0.4, -0.2) is 18.3 Å². The first-order valence-electron chi connectivity index (χ1n) is 8.14. The molecule has 0 aliphatic rings. The molecule has 0 aliphatic carbocycles. The zero-order valence-corrected chi connectivity index (χ0v) is 14.1. The number of hydrogen-bond acceptors (Lipinski definition) is 2. The first-order valence-corrected chi connectivity index (χ1v) is 9.13. The maximum absolute atomic E-state index is 3.63. The van der Waals surface area contributed by atoms with Crippen LogP contribution in [0.3, 0.4) is 0 Å². The van der Waals surface area contributed by atoms with Gasteiger partial charge in [0.1, 0.15) is 0 Å². The minimum Gasteiger partial charge on any atom is -0.313 e. The molecule has 114 valence electrons. The van der Waals surface area contributed by atoms with Gasteiger partial charge in [0.15, 0.2) is 0 Å². The summed E-state index contributed by atoms with van der Waals surface area (Å²) >= 11 is 1.94. The van der Waals surface area contributed by atoms with Gasteiger partial charge in [-0.05, 0) is 36.2 Å². The van der Waals surface area contributed by atoms with Crippen molar-refractivity contribution in [3.63, 3.8) is 0 Å². The van der Waals surface area contributed by atoms with Crippen molar-refractivity contribution in [3.05, 3.63) is 42.5 Å². The van der Waals surface area contributed by atoms with E-state index in [1.165, 1.54) is 41.4 Å². The van der Waals surface area contributed by atoms with Crippen molar-refractivity contribution in [2.75, 3.05) is 12.3 Å². The standard InChI is InChI=1S/C19H27NS/c1-3-4-5-8-16(2)20-13-14-21-19-12-11-17-9-6-7-10-18(17)15-19/h6-7,9-12,15-16,20H,3-5,8,13-14H2,1-2H3. The van der Waals surface area contributed by atoms with Gasteiger partial charge >= 0.3 is 0 Å². The predicted molar refractivity (Wildman–Crippen MR) is 96.3 cm³/mol. The molecule has 0 spiro atoms. The molecule has 0 aliphatic heterocycles. The van der Waals surface area contributed by atoms with Crippen molar-refractivity contribution in [1.82, 2.24) is 5.32 Å². The Balaban J connectivity index is 1.70. The highest BCUT2D eigenvalue weighted by Gasteiger charge is 2.01. The molecule has 1 N–H and O–H groups in total. The van der Waals surface area contributed by atoms with E-state index in [-0.39, 0.29) is 0 Å². The number of hydrogen-bond donors (Lipinski definition) is 1. The Hall–Kier alpha value is -0.990. The SMILES string of the molecule is CCCCCC(C)NCCSc1ccc2ccccc2c1. The zero-order valence-electron chi connectivity index (χ0n) is 13.3. The van der Waals surface area contributed by atoms with Gasteiger partial charge in [-0.25, -0.2) is 0 Å². The molecule has 21 heavy (non-hydrogen) atoms. The molecule has 0 saturated heterocycles. The lowest BCUT2D eigenvalue weighted by atomic mass is 10.1. The minimum atomic E-state index is 0.647. The summed E-state index contributed by atoms with van der Waals surface area (Å²) in [4.78, 5) is 1.37. The smallest absolute Gasteiger partial charge is 0.0106 e. The molecule has 1 atom stereocenters. The second-order valence-electron chi connectivity index (χ2n) is 5.71. The number of benzene rings is 2. The zero-order chi connectivity index (χ0) is 14.9. The Morgan fingerprint density at radius 1 is 1.05 bits per heavy atom. The fourth-order valence-electron chi connectivity index (χ4n) is 2.53. The molecule has 2 aromatic carbocycles. The van der Waals surface area contributed by atoms with E-state index >= 15 is 0 Å². The van der Waals surface area contributed by atoms with Crippen molar-refractivity contribution in [2.45, 2.75) is 50.5 Å². The summed E-state index contributed by atoms with van der Waals surface area (Å²) < 4.78 is 0. The van der Waals surface area contributed by atoms with E-state index in [1.807, 2.05) is 11.8 Å². The van der Waals surface area contributed by atoms with Crippen LogP contribution in [-0.2, 0) is 0 Å². The maximum atomic E-state index is 3.63. The van der Waals surface area contributed by atoms with Gasteiger partial charge in [-0.3, -0.25) is 0 Å². The van der Waals surface area contributed by atoms with Crippen LogP contribution in [0.4, 0.5) is 0 Å². The van der Waals surface area contributed by atoms with Gasteiger partial charge < -0.3 is 5.32 Å². The van der Waals surface area contributed by atoms with E-state index in [0.29, 0.717) is 6.04 Å². The molecule has 0 radical (unpaired) electrons. The Morgan fingerprint density at radius 2 is 1.86 bits per heavy atom. The molecule has 2 rings (SSSR count). The minimum absolute atomic E-state index is 0.647. The van der Waals surface area contributed by atoms with Crippen LogP contribution < -0.4 is 5.32 Å². The van der Waals surface area contributed by atoms with Crippen LogP contribution in [0.5, 0.6) is 0 Å². The summed E-state index contributed by atoms with van der Waals surface area (Å²) in [7, 11) is 0. The molecule has 2 heteroatoms. The summed E-state index contributed by atoms with van der Waals surface area (Å²) in [6, 6.07) is 16.0. The summed E-state index contributed by atoms with van der Waals surface area (Å²) in [5.74, 6) is 1.14. The van der Waals surface area contributed by atoms with Crippen LogP contribution in [0.15, 0.2) is 47.4 Å². The highest BCUT2D eigenvalue weighted by molar-refractivity contribution is 7.99. The molecule has 0 bridgehead atoms. The highest BCUT2D eigenvalue weighted by Crippen LogP contribution is 2.23. The van der Waals surface area contributed by atoms with Crippen LogP contribution in [0.25, 0.3) is 10.8 Å². The summed E-state index contributed by atoms with van der Waals surface area (Å²) in [5, 5.41) is 6.29. The van der Waals surface area contributed by atoms with E-state index < -0.39 is 0 Å². The van der Waals surface area contributed by atoms with Crippen molar-refractivity contribution in [3.8, 4) is 0 Å². The monoisotopic (exact) mass is 301 g/mol. The first kappa shape index (κ1) is 16.4. The molecule has 2 aromatic rings. The quantitative estimate of drug-likeness (QED) is 0.485. The second-order valence-corrected chi connectivity index (χ2v) is 6.88. The van der Waals surface area contributed by atoms with Crippen molar-refractivity contribution in [1.29, 1.82) is 0 Å². The summed E-state index contributed by atoms with van der Waals surface area (Å²) in [6.45, 7) is 5.65. The molecule has 0 fully saturated rings. The normalized spacial score (nSPS) is 12.7. The summed E-state index contributed by atoms with van der Waals surface area (Å²) in [5.41, 5.74) is 0. The third-order valence-electron chi connectivity index (χ3n) is 3.83. The number of thioether (sulfide) groups is 1. The third kappa shape index (κ3) is 5.72. The Morgan fingerprint density at radius 3 is 2.67 bits per heavy atom. The van der Waals surface area contributed by atoms with E-state index in [0.717, 1.165) is 12.3 Å². The Kier molecular flexibility index (Phi) is 7.11. The maximum Gasteiger partial charge on any atom is 0.0106 e. The van der Waals surface area contributed by atoms with E-state index in [1.54, 1.807) is 0 Å². The van der Waals surface area contributed by atoms with Crippen molar-refractivity contribution < 1.29 is 0 Å². The second kappa shape index (κ2) is 9.11. The van der Waals surface area contributed by atoms with E-state index in [2.05, 4.69) is 61.6 Å². The van der Waals surface area contributed by atoms with Crippen molar-refractivity contribution >= 4 is 22.5 Å². The van der Waals surface area contributed by atoms with Crippen LogP contribution in [0.2, 0.25) is 0 Å². The van der Waals surface area contributed by atoms with E-state index in [4.69, 9.17) is 0 Å². The Labute approximate surface area is 133 Å². The Bertz CT molecular complexity index is 538. The van der Waals surface area contributed by atoms with Crippen LogP contribution in [0.1, 0.15) is 39.5 Å². The predicted octanol–water partition coefficient (Wildman–Crippen LogP) is 5.49. The molecule has 1 unspecified atom stereocenters. The molecule has 0 saturated carbocycles. The van der Waals surface area contributed by atoms with Crippen LogP contribution in [0, 0.1) is 0 Å². The highest BCUT2D eigenvalue weighted by atomic mass is 32.2. The summed E-state index contributed by atoms with van der Waals surface area (Å²) in [6.07, 6.45) is 5.32. The third-order valence-corrected chi connectivity index (χ3v) is 4.82. The lowest BCUT2D eigenvalue weighted by molar-refractivity contribution is 0.502. The van der Waals surface area contributed by atoms with Gasteiger partial charge in [-0.2, -0.15) is 0 Å². The molecular formula is C19H27NS. The molecule has 1 nitrogen and oxygen atoms in total. The number of fused-ring (bicyclic) bond motifs is 1. The van der Waals surface area contributed by atoms with Crippen molar-refractivity contribution in [2.24, 2.45) is 0 Å². The fraction of sp³-hybridized carbons (Fsp3) is 0.474. The molecule has 0 amide bonds. The average Bonchev–Trinajstić information content (AvgIpc) is 2.52. The number of nitrogens with one attached hydrogen (secondary N) is 1.